The molecular weight excluding hydrogens is 237 g/mol. The predicted octanol–water partition coefficient (Wildman–Crippen LogP) is 1.43. The van der Waals surface area contributed by atoms with Gasteiger partial charge in [-0.25, -0.2) is 4.39 Å². The molecule has 0 fully saturated rings. The topological polar surface area (TPSA) is 55.4 Å². The van der Waals surface area contributed by atoms with E-state index in [4.69, 9.17) is 4.74 Å². The van der Waals surface area contributed by atoms with Gasteiger partial charge < -0.3 is 10.1 Å². The van der Waals surface area contributed by atoms with Gasteiger partial charge in [-0.2, -0.15) is 0 Å². The van der Waals surface area contributed by atoms with Crippen LogP contribution in [0.4, 0.5) is 4.39 Å². The van der Waals surface area contributed by atoms with Crippen molar-refractivity contribution >= 4 is 12.2 Å². The standard InChI is InChI=1S/C13H16FNO3/c1-13(2,8-15-12(17)7-16)10-6-9(14)4-5-11(10)18-3/h4-7H,8H2,1-3H3,(H,15,17). The number of methoxy groups -OCH3 is 1. The number of amides is 1. The van der Waals surface area contributed by atoms with Crippen LogP contribution < -0.4 is 10.1 Å². The van der Waals surface area contributed by atoms with Crippen LogP contribution in [0.2, 0.25) is 0 Å². The molecule has 1 N–H and O–H groups in total. The molecule has 0 atom stereocenters. The van der Waals surface area contributed by atoms with Crippen molar-refractivity contribution in [1.82, 2.24) is 5.32 Å². The van der Waals surface area contributed by atoms with Crippen molar-refractivity contribution in [2.75, 3.05) is 13.7 Å². The lowest BCUT2D eigenvalue weighted by Crippen LogP contribution is -2.37. The fourth-order valence-electron chi connectivity index (χ4n) is 1.65. The maximum Gasteiger partial charge on any atom is 0.284 e. The Hall–Kier alpha value is -1.91. The Bertz CT molecular complexity index is 458. The number of halogens is 1. The first-order valence-electron chi connectivity index (χ1n) is 5.47. The van der Waals surface area contributed by atoms with Gasteiger partial charge in [-0.1, -0.05) is 13.8 Å². The summed E-state index contributed by atoms with van der Waals surface area (Å²) < 4.78 is 18.5. The van der Waals surface area contributed by atoms with Gasteiger partial charge in [0.2, 0.25) is 6.29 Å². The van der Waals surface area contributed by atoms with Gasteiger partial charge in [-0.3, -0.25) is 9.59 Å². The number of hydrogen-bond donors (Lipinski definition) is 1. The van der Waals surface area contributed by atoms with Gasteiger partial charge in [-0.15, -0.1) is 0 Å². The lowest BCUT2D eigenvalue weighted by molar-refractivity contribution is -0.131. The molecule has 0 radical (unpaired) electrons. The quantitative estimate of drug-likeness (QED) is 0.638. The van der Waals surface area contributed by atoms with Gasteiger partial charge >= 0.3 is 0 Å². The third kappa shape index (κ3) is 3.29. The summed E-state index contributed by atoms with van der Waals surface area (Å²) in [5.74, 6) is -0.527. The number of rotatable bonds is 5. The summed E-state index contributed by atoms with van der Waals surface area (Å²) in [5, 5.41) is 2.46. The Morgan fingerprint density at radius 1 is 1.50 bits per heavy atom. The molecule has 0 saturated carbocycles. The summed E-state index contributed by atoms with van der Waals surface area (Å²) in [5.41, 5.74) is 0.0859. The maximum atomic E-state index is 13.3. The SMILES string of the molecule is COc1ccc(F)cc1C(C)(C)CNC(=O)C=O. The third-order valence-electron chi connectivity index (χ3n) is 2.70. The summed E-state index contributed by atoms with van der Waals surface area (Å²) in [4.78, 5) is 21.2. The molecule has 0 saturated heterocycles. The summed E-state index contributed by atoms with van der Waals surface area (Å²) in [6, 6.07) is 4.21. The molecule has 0 bridgehead atoms. The highest BCUT2D eigenvalue weighted by Gasteiger charge is 2.25. The molecule has 1 aromatic carbocycles. The highest BCUT2D eigenvalue weighted by atomic mass is 19.1. The summed E-state index contributed by atoms with van der Waals surface area (Å²) >= 11 is 0. The molecule has 1 rings (SSSR count). The molecule has 0 spiro atoms. The lowest BCUT2D eigenvalue weighted by Gasteiger charge is -2.27. The van der Waals surface area contributed by atoms with Crippen LogP contribution in [0.15, 0.2) is 18.2 Å². The first-order chi connectivity index (χ1) is 8.40. The average molecular weight is 253 g/mol. The van der Waals surface area contributed by atoms with Gasteiger partial charge in [0.25, 0.3) is 5.91 Å². The monoisotopic (exact) mass is 253 g/mol. The molecule has 0 aliphatic carbocycles. The van der Waals surface area contributed by atoms with E-state index in [0.29, 0.717) is 11.3 Å². The van der Waals surface area contributed by atoms with Crippen LogP contribution >= 0.6 is 0 Å². The smallest absolute Gasteiger partial charge is 0.284 e. The number of benzene rings is 1. The second kappa shape index (κ2) is 5.62. The molecule has 0 unspecified atom stereocenters. The van der Waals surface area contributed by atoms with Crippen LogP contribution in [-0.4, -0.2) is 25.8 Å². The van der Waals surface area contributed by atoms with Gasteiger partial charge in [0.05, 0.1) is 7.11 Å². The van der Waals surface area contributed by atoms with E-state index < -0.39 is 11.3 Å². The molecule has 5 heteroatoms. The number of carbonyl (C=O) groups is 2. The zero-order chi connectivity index (χ0) is 13.8. The molecule has 1 amide bonds. The minimum atomic E-state index is -0.696. The maximum absolute atomic E-state index is 13.3. The van der Waals surface area contributed by atoms with Gasteiger partial charge in [-0.05, 0) is 18.2 Å². The molecule has 4 nitrogen and oxygen atoms in total. The normalized spacial score (nSPS) is 10.9. The summed E-state index contributed by atoms with van der Waals surface area (Å²) in [7, 11) is 1.50. The minimum absolute atomic E-state index is 0.207. The van der Waals surface area contributed by atoms with E-state index in [0.717, 1.165) is 0 Å². The second-order valence-electron chi connectivity index (χ2n) is 4.56. The van der Waals surface area contributed by atoms with Crippen LogP contribution in [0, 0.1) is 5.82 Å². The molecule has 0 heterocycles. The van der Waals surface area contributed by atoms with Crippen molar-refractivity contribution < 1.29 is 18.7 Å². The van der Waals surface area contributed by atoms with E-state index in [-0.39, 0.29) is 18.6 Å². The fraction of sp³-hybridized carbons (Fsp3) is 0.385. The Labute approximate surface area is 105 Å². The Morgan fingerprint density at radius 2 is 2.17 bits per heavy atom. The molecule has 0 aromatic heterocycles. The first kappa shape index (κ1) is 14.2. The zero-order valence-corrected chi connectivity index (χ0v) is 10.6. The van der Waals surface area contributed by atoms with E-state index in [1.54, 1.807) is 0 Å². The van der Waals surface area contributed by atoms with Crippen molar-refractivity contribution in [3.8, 4) is 5.75 Å². The van der Waals surface area contributed by atoms with Crippen LogP contribution in [0.3, 0.4) is 0 Å². The zero-order valence-electron chi connectivity index (χ0n) is 10.6. The van der Waals surface area contributed by atoms with Crippen molar-refractivity contribution in [2.24, 2.45) is 0 Å². The fourth-order valence-corrected chi connectivity index (χ4v) is 1.65. The van der Waals surface area contributed by atoms with Gasteiger partial charge in [0, 0.05) is 17.5 Å². The molecule has 98 valence electrons. The highest BCUT2D eigenvalue weighted by Crippen LogP contribution is 2.31. The van der Waals surface area contributed by atoms with Gasteiger partial charge in [0.1, 0.15) is 11.6 Å². The molecule has 18 heavy (non-hydrogen) atoms. The van der Waals surface area contributed by atoms with E-state index >= 15 is 0 Å². The number of nitrogens with one attached hydrogen (secondary N) is 1. The molecule has 1 aromatic rings. The minimum Gasteiger partial charge on any atom is -0.496 e. The van der Waals surface area contributed by atoms with E-state index in [2.05, 4.69) is 5.32 Å². The second-order valence-corrected chi connectivity index (χ2v) is 4.56. The summed E-state index contributed by atoms with van der Waals surface area (Å²) in [6.45, 7) is 3.87. The highest BCUT2D eigenvalue weighted by molar-refractivity contribution is 6.23. The van der Waals surface area contributed by atoms with E-state index in [9.17, 15) is 14.0 Å². The Morgan fingerprint density at radius 3 is 2.72 bits per heavy atom. The van der Waals surface area contributed by atoms with Crippen LogP contribution in [0.1, 0.15) is 19.4 Å². The van der Waals surface area contributed by atoms with Crippen LogP contribution in [0.5, 0.6) is 5.75 Å². The van der Waals surface area contributed by atoms with Crippen molar-refractivity contribution in [3.05, 3.63) is 29.6 Å². The van der Waals surface area contributed by atoms with Crippen molar-refractivity contribution in [3.63, 3.8) is 0 Å². The first-order valence-corrected chi connectivity index (χ1v) is 5.47. The Balaban J connectivity index is 2.99. The van der Waals surface area contributed by atoms with Crippen molar-refractivity contribution in [1.29, 1.82) is 0 Å². The number of carbonyl (C=O) groups excluding carboxylic acids is 2. The van der Waals surface area contributed by atoms with E-state index in [1.807, 2.05) is 13.8 Å². The Kier molecular flexibility index (Phi) is 4.42. The molecule has 0 aliphatic heterocycles. The predicted molar refractivity (Wildman–Crippen MR) is 65.1 cm³/mol. The summed E-state index contributed by atoms with van der Waals surface area (Å²) in [6.07, 6.45) is 0.207. The van der Waals surface area contributed by atoms with Gasteiger partial charge in [0.15, 0.2) is 0 Å². The largest absolute Gasteiger partial charge is 0.496 e. The van der Waals surface area contributed by atoms with Crippen LogP contribution in [0.25, 0.3) is 0 Å². The lowest BCUT2D eigenvalue weighted by atomic mass is 9.83. The third-order valence-corrected chi connectivity index (χ3v) is 2.70. The number of hydrogen-bond acceptors (Lipinski definition) is 3. The molecule has 0 aliphatic rings. The van der Waals surface area contributed by atoms with Crippen LogP contribution in [-0.2, 0) is 15.0 Å². The number of ether oxygens (including phenoxy) is 1. The van der Waals surface area contributed by atoms with Crippen molar-refractivity contribution in [2.45, 2.75) is 19.3 Å². The average Bonchev–Trinajstić information content (AvgIpc) is 2.36. The molecular formula is C13H16FNO3. The number of aldehydes is 1. The van der Waals surface area contributed by atoms with E-state index in [1.165, 1.54) is 25.3 Å².